The normalized spacial score (nSPS) is 11.1. The van der Waals surface area contributed by atoms with Crippen molar-refractivity contribution in [3.05, 3.63) is 52.0 Å². The lowest BCUT2D eigenvalue weighted by Crippen LogP contribution is -2.11. The van der Waals surface area contributed by atoms with Crippen LogP contribution in [-0.4, -0.2) is 4.98 Å². The Morgan fingerprint density at radius 1 is 1.19 bits per heavy atom. The number of benzene rings is 1. The summed E-state index contributed by atoms with van der Waals surface area (Å²) in [4.78, 5) is 4.38. The number of aromatic nitrogens is 1. The number of hydrogen-bond donors (Lipinski definition) is 1. The van der Waals surface area contributed by atoms with Crippen molar-refractivity contribution in [1.29, 1.82) is 0 Å². The monoisotopic (exact) mass is 276 g/mol. The summed E-state index contributed by atoms with van der Waals surface area (Å²) < 4.78 is 0. The van der Waals surface area contributed by atoms with Gasteiger partial charge in [-0.25, -0.2) is 4.98 Å². The van der Waals surface area contributed by atoms with Crippen LogP contribution >= 0.6 is 36.2 Å². The maximum atomic E-state index is 6.08. The van der Waals surface area contributed by atoms with E-state index in [4.69, 9.17) is 5.73 Å². The number of halogens is 2. The molecule has 0 aliphatic rings. The first-order chi connectivity index (χ1) is 6.77. The molecule has 1 heterocycles. The van der Waals surface area contributed by atoms with E-state index in [1.54, 1.807) is 11.3 Å². The molecule has 1 aromatic heterocycles. The van der Waals surface area contributed by atoms with Crippen molar-refractivity contribution in [2.45, 2.75) is 13.0 Å². The fraction of sp³-hybridized carbons (Fsp3) is 0.182. The van der Waals surface area contributed by atoms with E-state index in [-0.39, 0.29) is 30.9 Å². The lowest BCUT2D eigenvalue weighted by Gasteiger charge is -2.07. The van der Waals surface area contributed by atoms with E-state index >= 15 is 0 Å². The Morgan fingerprint density at radius 2 is 1.81 bits per heavy atom. The molecule has 0 fully saturated rings. The van der Waals surface area contributed by atoms with Gasteiger partial charge in [0.05, 0.1) is 6.04 Å². The minimum Gasteiger partial charge on any atom is -0.318 e. The predicted octanol–water partition coefficient (Wildman–Crippen LogP) is 3.34. The highest BCUT2D eigenvalue weighted by molar-refractivity contribution is 7.09. The van der Waals surface area contributed by atoms with Crippen LogP contribution in [0.2, 0.25) is 0 Å². The van der Waals surface area contributed by atoms with Crippen molar-refractivity contribution < 1.29 is 0 Å². The topological polar surface area (TPSA) is 38.9 Å². The van der Waals surface area contributed by atoms with Gasteiger partial charge in [-0.15, -0.1) is 36.2 Å². The van der Waals surface area contributed by atoms with Crippen molar-refractivity contribution in [2.75, 3.05) is 0 Å². The van der Waals surface area contributed by atoms with E-state index in [9.17, 15) is 0 Å². The average Bonchev–Trinajstić information content (AvgIpc) is 2.65. The zero-order valence-corrected chi connectivity index (χ0v) is 11.2. The maximum absolute atomic E-state index is 6.08. The van der Waals surface area contributed by atoms with E-state index < -0.39 is 0 Å². The maximum Gasteiger partial charge on any atom is 0.114 e. The molecule has 0 spiro atoms. The number of nitrogens with zero attached hydrogens (tertiary/aromatic N) is 1. The molecule has 0 amide bonds. The smallest absolute Gasteiger partial charge is 0.114 e. The van der Waals surface area contributed by atoms with Gasteiger partial charge in [0.25, 0.3) is 0 Å². The number of hydrogen-bond acceptors (Lipinski definition) is 3. The van der Waals surface area contributed by atoms with Gasteiger partial charge >= 0.3 is 0 Å². The van der Waals surface area contributed by atoms with Gasteiger partial charge in [-0.05, 0) is 12.5 Å². The van der Waals surface area contributed by atoms with Gasteiger partial charge in [-0.1, -0.05) is 30.3 Å². The van der Waals surface area contributed by atoms with Gasteiger partial charge in [-0.3, -0.25) is 0 Å². The van der Waals surface area contributed by atoms with Crippen LogP contribution in [0.15, 0.2) is 35.7 Å². The first-order valence-electron chi connectivity index (χ1n) is 4.50. The lowest BCUT2D eigenvalue weighted by atomic mass is 10.1. The molecule has 16 heavy (non-hydrogen) atoms. The van der Waals surface area contributed by atoms with E-state index in [2.05, 4.69) is 4.98 Å². The molecule has 2 N–H and O–H groups in total. The van der Waals surface area contributed by atoms with Crippen LogP contribution < -0.4 is 5.73 Å². The standard InChI is InChI=1S/C11H12N2S.2ClH/c1-8-7-14-11(13-8)10(12)9-5-3-2-4-6-9;;/h2-7,10H,12H2,1H3;2*1H. The van der Waals surface area contributed by atoms with Gasteiger partial charge in [0.1, 0.15) is 5.01 Å². The molecule has 0 radical (unpaired) electrons. The van der Waals surface area contributed by atoms with Crippen molar-refractivity contribution in [2.24, 2.45) is 5.73 Å². The Labute approximate surface area is 112 Å². The number of aryl methyl sites for hydroxylation is 1. The fourth-order valence-electron chi connectivity index (χ4n) is 1.32. The van der Waals surface area contributed by atoms with Gasteiger partial charge in [-0.2, -0.15) is 0 Å². The first-order valence-corrected chi connectivity index (χ1v) is 5.38. The highest BCUT2D eigenvalue weighted by Crippen LogP contribution is 2.22. The minimum absolute atomic E-state index is 0. The molecule has 2 aromatic rings. The quantitative estimate of drug-likeness (QED) is 0.914. The third-order valence-corrected chi connectivity index (χ3v) is 3.11. The van der Waals surface area contributed by atoms with Crippen molar-refractivity contribution in [3.8, 4) is 0 Å². The van der Waals surface area contributed by atoms with Crippen LogP contribution in [-0.2, 0) is 0 Å². The number of thiazole rings is 1. The second kappa shape index (κ2) is 6.86. The molecule has 1 atom stereocenters. The highest BCUT2D eigenvalue weighted by atomic mass is 35.5. The van der Waals surface area contributed by atoms with Crippen LogP contribution in [0.4, 0.5) is 0 Å². The fourth-order valence-corrected chi connectivity index (χ4v) is 2.14. The summed E-state index contributed by atoms with van der Waals surface area (Å²) in [6.45, 7) is 1.98. The second-order valence-corrected chi connectivity index (χ2v) is 4.11. The van der Waals surface area contributed by atoms with Gasteiger partial charge < -0.3 is 5.73 Å². The van der Waals surface area contributed by atoms with E-state index in [1.165, 1.54) is 0 Å². The Bertz CT molecular complexity index is 417. The third-order valence-electron chi connectivity index (χ3n) is 2.06. The zero-order chi connectivity index (χ0) is 9.97. The van der Waals surface area contributed by atoms with Crippen LogP contribution in [0.3, 0.4) is 0 Å². The van der Waals surface area contributed by atoms with E-state index in [0.717, 1.165) is 16.3 Å². The molecule has 0 saturated heterocycles. The van der Waals surface area contributed by atoms with Crippen LogP contribution in [0.25, 0.3) is 0 Å². The largest absolute Gasteiger partial charge is 0.318 e. The molecule has 2 nitrogen and oxygen atoms in total. The Hall–Kier alpha value is -0.610. The SMILES string of the molecule is Cc1csc(C(N)c2ccccc2)n1.Cl.Cl. The van der Waals surface area contributed by atoms with Crippen molar-refractivity contribution in [3.63, 3.8) is 0 Å². The van der Waals surface area contributed by atoms with Crippen LogP contribution in [0, 0.1) is 6.92 Å². The predicted molar refractivity (Wildman–Crippen MR) is 73.8 cm³/mol. The minimum atomic E-state index is -0.0881. The summed E-state index contributed by atoms with van der Waals surface area (Å²) in [5.41, 5.74) is 8.23. The molecule has 0 aliphatic carbocycles. The summed E-state index contributed by atoms with van der Waals surface area (Å²) in [6.07, 6.45) is 0. The van der Waals surface area contributed by atoms with Crippen LogP contribution in [0.5, 0.6) is 0 Å². The number of rotatable bonds is 2. The van der Waals surface area contributed by atoms with Crippen molar-refractivity contribution >= 4 is 36.2 Å². The molecule has 2 rings (SSSR count). The molecule has 0 bridgehead atoms. The third kappa shape index (κ3) is 3.46. The Kier molecular flexibility index (Phi) is 6.60. The molecular formula is C11H14Cl2N2S. The first kappa shape index (κ1) is 15.4. The van der Waals surface area contributed by atoms with Crippen LogP contribution in [0.1, 0.15) is 22.3 Å². The lowest BCUT2D eigenvalue weighted by molar-refractivity contribution is 0.852. The van der Waals surface area contributed by atoms with Crippen molar-refractivity contribution in [1.82, 2.24) is 4.98 Å². The second-order valence-electron chi connectivity index (χ2n) is 3.22. The molecule has 1 aromatic carbocycles. The summed E-state index contributed by atoms with van der Waals surface area (Å²) in [5.74, 6) is 0. The van der Waals surface area contributed by atoms with Gasteiger partial charge in [0, 0.05) is 11.1 Å². The Morgan fingerprint density at radius 3 is 2.31 bits per heavy atom. The Balaban J connectivity index is 0.00000112. The average molecular weight is 277 g/mol. The summed E-state index contributed by atoms with van der Waals surface area (Å²) in [5, 5.41) is 3.01. The van der Waals surface area contributed by atoms with Gasteiger partial charge in [0.15, 0.2) is 0 Å². The summed E-state index contributed by atoms with van der Waals surface area (Å²) in [7, 11) is 0. The summed E-state index contributed by atoms with van der Waals surface area (Å²) in [6, 6.07) is 9.95. The van der Waals surface area contributed by atoms with E-state index in [1.807, 2.05) is 42.6 Å². The van der Waals surface area contributed by atoms with E-state index in [0.29, 0.717) is 0 Å². The molecule has 88 valence electrons. The van der Waals surface area contributed by atoms with Gasteiger partial charge in [0.2, 0.25) is 0 Å². The highest BCUT2D eigenvalue weighted by Gasteiger charge is 2.11. The molecule has 1 unspecified atom stereocenters. The molecular weight excluding hydrogens is 263 g/mol. The molecule has 5 heteroatoms. The number of nitrogens with two attached hydrogens (primary N) is 1. The molecule has 0 saturated carbocycles. The molecule has 0 aliphatic heterocycles. The summed E-state index contributed by atoms with van der Waals surface area (Å²) >= 11 is 1.62. The zero-order valence-electron chi connectivity index (χ0n) is 8.79.